The molecule has 0 aromatic rings. The summed E-state index contributed by atoms with van der Waals surface area (Å²) in [5, 5.41) is 0. The molecule has 0 aliphatic heterocycles. The molecule has 0 atom stereocenters. The van der Waals surface area contributed by atoms with Gasteiger partial charge in [0.2, 0.25) is 0 Å². The van der Waals surface area contributed by atoms with E-state index < -0.39 is 0 Å². The molecule has 0 saturated heterocycles. The van der Waals surface area contributed by atoms with Crippen molar-refractivity contribution in [2.24, 2.45) is 5.41 Å². The van der Waals surface area contributed by atoms with E-state index in [1.165, 1.54) is 0 Å². The third-order valence-corrected chi connectivity index (χ3v) is 1.51. The van der Waals surface area contributed by atoms with Crippen LogP contribution in [0.5, 0.6) is 0 Å². The van der Waals surface area contributed by atoms with Gasteiger partial charge in [-0.05, 0) is 5.41 Å². The van der Waals surface area contributed by atoms with E-state index in [4.69, 9.17) is 0 Å². The van der Waals surface area contributed by atoms with Crippen LogP contribution in [0.15, 0.2) is 0 Å². The third kappa shape index (κ3) is 2.78. The van der Waals surface area contributed by atoms with E-state index in [1.54, 1.807) is 0 Å². The van der Waals surface area contributed by atoms with E-state index in [9.17, 15) is 4.79 Å². The molecule has 0 aromatic heterocycles. The van der Waals surface area contributed by atoms with Crippen LogP contribution in [0.1, 0.15) is 33.6 Å². The Morgan fingerprint density at radius 1 is 1.50 bits per heavy atom. The average Bonchev–Trinajstić information content (AvgIpc) is 1.67. The molecule has 0 amide bonds. The molecular formula is C7H13O. The van der Waals surface area contributed by atoms with Crippen molar-refractivity contribution in [2.45, 2.75) is 33.6 Å². The van der Waals surface area contributed by atoms with Gasteiger partial charge in [0, 0.05) is 6.42 Å². The molecule has 1 radical (unpaired) electrons. The van der Waals surface area contributed by atoms with Crippen LogP contribution in [0.3, 0.4) is 0 Å². The number of carbonyl (C=O) groups excluding carboxylic acids is 1. The molecule has 0 fully saturated rings. The fourth-order valence-electron chi connectivity index (χ4n) is 0.320. The maximum Gasteiger partial charge on any atom is 0.198 e. The van der Waals surface area contributed by atoms with Crippen molar-refractivity contribution in [2.75, 3.05) is 0 Å². The second-order valence-electron chi connectivity index (χ2n) is 2.84. The lowest BCUT2D eigenvalue weighted by atomic mass is 9.87. The highest BCUT2D eigenvalue weighted by atomic mass is 16.1. The molecule has 1 nitrogen and oxygen atoms in total. The zero-order valence-electron chi connectivity index (χ0n) is 5.82. The van der Waals surface area contributed by atoms with Crippen molar-refractivity contribution in [3.63, 3.8) is 0 Å². The van der Waals surface area contributed by atoms with Crippen LogP contribution in [0.2, 0.25) is 0 Å². The summed E-state index contributed by atoms with van der Waals surface area (Å²) < 4.78 is 0. The fourth-order valence-corrected chi connectivity index (χ4v) is 0.320. The molecule has 0 aromatic carbocycles. The fraction of sp³-hybridized carbons (Fsp3) is 0.857. The van der Waals surface area contributed by atoms with Crippen LogP contribution in [0.4, 0.5) is 0 Å². The van der Waals surface area contributed by atoms with E-state index >= 15 is 0 Å². The van der Waals surface area contributed by atoms with Gasteiger partial charge in [0.15, 0.2) is 6.29 Å². The van der Waals surface area contributed by atoms with Gasteiger partial charge in [-0.2, -0.15) is 0 Å². The molecule has 0 rings (SSSR count). The van der Waals surface area contributed by atoms with Gasteiger partial charge < -0.3 is 0 Å². The van der Waals surface area contributed by atoms with Gasteiger partial charge in [-0.3, -0.25) is 4.79 Å². The largest absolute Gasteiger partial charge is 0.291 e. The molecule has 0 unspecified atom stereocenters. The number of hydrogen-bond acceptors (Lipinski definition) is 1. The van der Waals surface area contributed by atoms with Crippen molar-refractivity contribution in [1.29, 1.82) is 0 Å². The second kappa shape index (κ2) is 2.85. The zero-order valence-corrected chi connectivity index (χ0v) is 5.82. The average molecular weight is 113 g/mol. The van der Waals surface area contributed by atoms with Crippen molar-refractivity contribution >= 4 is 6.29 Å². The predicted molar refractivity (Wildman–Crippen MR) is 34.4 cm³/mol. The van der Waals surface area contributed by atoms with Gasteiger partial charge in [0.25, 0.3) is 0 Å². The predicted octanol–water partition coefficient (Wildman–Crippen LogP) is 1.92. The van der Waals surface area contributed by atoms with Crippen LogP contribution in [-0.4, -0.2) is 6.29 Å². The SMILES string of the molecule is CCC(C)(C)C[C]=O. The minimum absolute atomic E-state index is 0.168. The number of rotatable bonds is 3. The smallest absolute Gasteiger partial charge is 0.198 e. The summed E-state index contributed by atoms with van der Waals surface area (Å²) in [6.07, 6.45) is 3.51. The second-order valence-corrected chi connectivity index (χ2v) is 2.84. The molecule has 0 aliphatic carbocycles. The molecular weight excluding hydrogens is 100 g/mol. The van der Waals surface area contributed by atoms with Gasteiger partial charge in [0.05, 0.1) is 0 Å². The van der Waals surface area contributed by atoms with Crippen molar-refractivity contribution in [1.82, 2.24) is 0 Å². The van der Waals surface area contributed by atoms with E-state index in [1.807, 2.05) is 6.29 Å². The minimum Gasteiger partial charge on any atom is -0.291 e. The van der Waals surface area contributed by atoms with Crippen LogP contribution >= 0.6 is 0 Å². The maximum absolute atomic E-state index is 9.85. The molecule has 0 bridgehead atoms. The number of hydrogen-bond donors (Lipinski definition) is 0. The quantitative estimate of drug-likeness (QED) is 0.546. The Morgan fingerprint density at radius 3 is 2.12 bits per heavy atom. The van der Waals surface area contributed by atoms with Crippen molar-refractivity contribution in [3.05, 3.63) is 0 Å². The molecule has 0 heterocycles. The Hall–Kier alpha value is -0.330. The first kappa shape index (κ1) is 7.67. The first-order valence-electron chi connectivity index (χ1n) is 2.97. The summed E-state index contributed by atoms with van der Waals surface area (Å²) in [5.74, 6) is 0. The summed E-state index contributed by atoms with van der Waals surface area (Å²) in [5.41, 5.74) is 0.168. The highest BCUT2D eigenvalue weighted by Crippen LogP contribution is 2.22. The van der Waals surface area contributed by atoms with Gasteiger partial charge in [-0.1, -0.05) is 27.2 Å². The summed E-state index contributed by atoms with van der Waals surface area (Å²) in [6, 6.07) is 0. The van der Waals surface area contributed by atoms with Gasteiger partial charge in [0.1, 0.15) is 0 Å². The van der Waals surface area contributed by atoms with Crippen LogP contribution in [-0.2, 0) is 4.79 Å². The van der Waals surface area contributed by atoms with E-state index in [2.05, 4.69) is 20.8 Å². The molecule has 47 valence electrons. The van der Waals surface area contributed by atoms with Gasteiger partial charge in [-0.25, -0.2) is 0 Å². The van der Waals surface area contributed by atoms with Gasteiger partial charge >= 0.3 is 0 Å². The van der Waals surface area contributed by atoms with E-state index in [0.29, 0.717) is 6.42 Å². The summed E-state index contributed by atoms with van der Waals surface area (Å²) >= 11 is 0. The van der Waals surface area contributed by atoms with Crippen molar-refractivity contribution in [3.8, 4) is 0 Å². The standard InChI is InChI=1S/C7H13O/c1-4-7(2,3)5-6-8/h4-5H2,1-3H3. The minimum atomic E-state index is 0.168. The lowest BCUT2D eigenvalue weighted by Gasteiger charge is -2.17. The molecule has 8 heavy (non-hydrogen) atoms. The Morgan fingerprint density at radius 2 is 2.00 bits per heavy atom. The van der Waals surface area contributed by atoms with Gasteiger partial charge in [-0.15, -0.1) is 0 Å². The molecule has 0 spiro atoms. The first-order valence-corrected chi connectivity index (χ1v) is 2.97. The Bertz CT molecular complexity index is 74.5. The Kier molecular flexibility index (Phi) is 2.74. The normalized spacial score (nSPS) is 11.4. The lowest BCUT2D eigenvalue weighted by Crippen LogP contribution is -2.09. The molecule has 1 heteroatoms. The summed E-state index contributed by atoms with van der Waals surface area (Å²) in [7, 11) is 0. The molecule has 0 N–H and O–H groups in total. The third-order valence-electron chi connectivity index (χ3n) is 1.51. The maximum atomic E-state index is 9.85. The monoisotopic (exact) mass is 113 g/mol. The van der Waals surface area contributed by atoms with Crippen molar-refractivity contribution < 1.29 is 4.79 Å². The summed E-state index contributed by atoms with van der Waals surface area (Å²) in [6.45, 7) is 6.22. The Balaban J connectivity index is 3.53. The lowest BCUT2D eigenvalue weighted by molar-refractivity contribution is 0.359. The van der Waals surface area contributed by atoms with E-state index in [-0.39, 0.29) is 5.41 Å². The topological polar surface area (TPSA) is 17.1 Å². The van der Waals surface area contributed by atoms with E-state index in [0.717, 1.165) is 6.42 Å². The summed E-state index contributed by atoms with van der Waals surface area (Å²) in [4.78, 5) is 9.85. The Labute approximate surface area is 51.1 Å². The van der Waals surface area contributed by atoms with Crippen LogP contribution in [0.25, 0.3) is 0 Å². The van der Waals surface area contributed by atoms with Crippen LogP contribution < -0.4 is 0 Å². The zero-order chi connectivity index (χ0) is 6.62. The van der Waals surface area contributed by atoms with Crippen LogP contribution in [0, 0.1) is 5.41 Å². The molecule has 0 saturated carbocycles. The molecule has 0 aliphatic rings. The highest BCUT2D eigenvalue weighted by molar-refractivity contribution is 5.51. The first-order chi connectivity index (χ1) is 3.62. The highest BCUT2D eigenvalue weighted by Gasteiger charge is 2.13.